The van der Waals surface area contributed by atoms with Crippen LogP contribution in [0.3, 0.4) is 0 Å². The van der Waals surface area contributed by atoms with Crippen molar-refractivity contribution < 1.29 is 4.74 Å². The number of hydrogen-bond acceptors (Lipinski definition) is 3. The molecule has 0 aliphatic heterocycles. The largest absolute Gasteiger partial charge is 0.439 e. The number of para-hydroxylation sites is 1. The molecule has 0 aliphatic rings. The molecule has 2 rings (SSSR count). The highest BCUT2D eigenvalue weighted by molar-refractivity contribution is 5.38. The summed E-state index contributed by atoms with van der Waals surface area (Å²) in [6.45, 7) is 8.37. The Morgan fingerprint density at radius 2 is 1.95 bits per heavy atom. The highest BCUT2D eigenvalue weighted by Gasteiger charge is 2.08. The van der Waals surface area contributed by atoms with E-state index in [1.165, 1.54) is 11.1 Å². The number of nitrogens with one attached hydrogen (secondary N) is 1. The lowest BCUT2D eigenvalue weighted by atomic mass is 10.0. The first kappa shape index (κ1) is 15.5. The van der Waals surface area contributed by atoms with Gasteiger partial charge in [0, 0.05) is 18.8 Å². The van der Waals surface area contributed by atoms with Gasteiger partial charge in [0.05, 0.1) is 0 Å². The highest BCUT2D eigenvalue weighted by Crippen LogP contribution is 2.29. The summed E-state index contributed by atoms with van der Waals surface area (Å²) in [6, 6.07) is 12.1. The molecule has 0 bridgehead atoms. The minimum atomic E-state index is 0.429. The van der Waals surface area contributed by atoms with Crippen molar-refractivity contribution >= 4 is 0 Å². The Balaban J connectivity index is 2.03. The van der Waals surface area contributed by atoms with Gasteiger partial charge in [-0.15, -0.1) is 0 Å². The molecule has 1 heterocycles. The summed E-state index contributed by atoms with van der Waals surface area (Å²) in [7, 11) is 0. The smallest absolute Gasteiger partial charge is 0.219 e. The number of hydrogen-bond donors (Lipinski definition) is 1. The molecule has 1 aromatic heterocycles. The first-order valence-corrected chi connectivity index (χ1v) is 7.63. The molecule has 0 radical (unpaired) electrons. The zero-order chi connectivity index (χ0) is 15.1. The lowest BCUT2D eigenvalue weighted by Crippen LogP contribution is -2.13. The van der Waals surface area contributed by atoms with E-state index >= 15 is 0 Å². The van der Waals surface area contributed by atoms with Gasteiger partial charge >= 0.3 is 0 Å². The van der Waals surface area contributed by atoms with E-state index in [9.17, 15) is 0 Å². The van der Waals surface area contributed by atoms with Crippen LogP contribution in [0.5, 0.6) is 11.6 Å². The Morgan fingerprint density at radius 3 is 2.62 bits per heavy atom. The standard InChI is InChI=1S/C18H24N2O/c1-4-11-19-12-15-9-10-18(20-13-15)21-17-8-6-5-7-16(17)14(2)3/h5-10,13-14,19H,4,11-12H2,1-3H3. The molecule has 0 aliphatic carbocycles. The van der Waals surface area contributed by atoms with Gasteiger partial charge in [0.2, 0.25) is 5.88 Å². The second-order valence-electron chi connectivity index (χ2n) is 5.48. The van der Waals surface area contributed by atoms with Crippen molar-refractivity contribution in [1.82, 2.24) is 10.3 Å². The predicted octanol–water partition coefficient (Wildman–Crippen LogP) is 4.50. The van der Waals surface area contributed by atoms with Crippen LogP contribution in [0.15, 0.2) is 42.6 Å². The Hall–Kier alpha value is -1.87. The van der Waals surface area contributed by atoms with Crippen molar-refractivity contribution in [3.05, 3.63) is 53.7 Å². The van der Waals surface area contributed by atoms with Gasteiger partial charge in [-0.2, -0.15) is 0 Å². The zero-order valence-corrected chi connectivity index (χ0v) is 13.1. The predicted molar refractivity (Wildman–Crippen MR) is 86.8 cm³/mol. The second kappa shape index (κ2) is 7.79. The van der Waals surface area contributed by atoms with E-state index in [4.69, 9.17) is 4.74 Å². The van der Waals surface area contributed by atoms with Gasteiger partial charge in [-0.05, 0) is 36.1 Å². The molecule has 0 unspecified atom stereocenters. The molecular weight excluding hydrogens is 260 g/mol. The van der Waals surface area contributed by atoms with Crippen LogP contribution in [0.25, 0.3) is 0 Å². The maximum Gasteiger partial charge on any atom is 0.219 e. The maximum atomic E-state index is 5.92. The Bertz CT molecular complexity index is 549. The Morgan fingerprint density at radius 1 is 1.14 bits per heavy atom. The van der Waals surface area contributed by atoms with Gasteiger partial charge < -0.3 is 10.1 Å². The van der Waals surface area contributed by atoms with Crippen LogP contribution < -0.4 is 10.1 Å². The van der Waals surface area contributed by atoms with Gasteiger partial charge in [-0.25, -0.2) is 4.98 Å². The van der Waals surface area contributed by atoms with Crippen LogP contribution in [0.4, 0.5) is 0 Å². The van der Waals surface area contributed by atoms with E-state index in [0.29, 0.717) is 11.8 Å². The first-order chi connectivity index (χ1) is 10.2. The van der Waals surface area contributed by atoms with Crippen LogP contribution in [0, 0.1) is 0 Å². The minimum absolute atomic E-state index is 0.429. The number of ether oxygens (including phenoxy) is 1. The summed E-state index contributed by atoms with van der Waals surface area (Å²) in [5, 5.41) is 3.36. The van der Waals surface area contributed by atoms with Crippen molar-refractivity contribution in [1.29, 1.82) is 0 Å². The third-order valence-corrected chi connectivity index (χ3v) is 3.31. The molecule has 21 heavy (non-hydrogen) atoms. The fraction of sp³-hybridized carbons (Fsp3) is 0.389. The number of benzene rings is 1. The van der Waals surface area contributed by atoms with Crippen molar-refractivity contribution in [2.24, 2.45) is 0 Å². The molecule has 3 heteroatoms. The van der Waals surface area contributed by atoms with E-state index in [1.807, 2.05) is 30.5 Å². The molecule has 0 fully saturated rings. The molecule has 1 aromatic carbocycles. The maximum absolute atomic E-state index is 5.92. The summed E-state index contributed by atoms with van der Waals surface area (Å²) in [6.07, 6.45) is 3.01. The van der Waals surface area contributed by atoms with Crippen molar-refractivity contribution in [3.63, 3.8) is 0 Å². The van der Waals surface area contributed by atoms with Crippen molar-refractivity contribution in [2.45, 2.75) is 39.7 Å². The summed E-state index contributed by atoms with van der Waals surface area (Å²) < 4.78 is 5.92. The topological polar surface area (TPSA) is 34.1 Å². The van der Waals surface area contributed by atoms with Crippen LogP contribution in [0.1, 0.15) is 44.2 Å². The van der Waals surface area contributed by atoms with Gasteiger partial charge in [-0.1, -0.05) is 45.0 Å². The molecule has 0 spiro atoms. The molecular formula is C18H24N2O. The number of aromatic nitrogens is 1. The Kier molecular flexibility index (Phi) is 5.76. The number of pyridine rings is 1. The molecule has 2 aromatic rings. The zero-order valence-electron chi connectivity index (χ0n) is 13.1. The van der Waals surface area contributed by atoms with E-state index in [-0.39, 0.29) is 0 Å². The highest BCUT2D eigenvalue weighted by atomic mass is 16.5. The Labute approximate surface area is 127 Å². The fourth-order valence-corrected chi connectivity index (χ4v) is 2.15. The minimum Gasteiger partial charge on any atom is -0.439 e. The SMILES string of the molecule is CCCNCc1ccc(Oc2ccccc2C(C)C)nc1. The summed E-state index contributed by atoms with van der Waals surface area (Å²) >= 11 is 0. The summed E-state index contributed by atoms with van der Waals surface area (Å²) in [5.41, 5.74) is 2.38. The van der Waals surface area contributed by atoms with E-state index in [1.54, 1.807) is 0 Å². The van der Waals surface area contributed by atoms with Gasteiger partial charge in [0.15, 0.2) is 0 Å². The molecule has 1 N–H and O–H groups in total. The van der Waals surface area contributed by atoms with Crippen LogP contribution in [0.2, 0.25) is 0 Å². The quantitative estimate of drug-likeness (QED) is 0.760. The third kappa shape index (κ3) is 4.57. The van der Waals surface area contributed by atoms with Gasteiger partial charge in [0.25, 0.3) is 0 Å². The molecule has 0 atom stereocenters. The van der Waals surface area contributed by atoms with Crippen molar-refractivity contribution in [2.75, 3.05) is 6.54 Å². The van der Waals surface area contributed by atoms with Crippen molar-refractivity contribution in [3.8, 4) is 11.6 Å². The number of nitrogens with zero attached hydrogens (tertiary/aromatic N) is 1. The molecule has 112 valence electrons. The monoisotopic (exact) mass is 284 g/mol. The average molecular weight is 284 g/mol. The average Bonchev–Trinajstić information content (AvgIpc) is 2.50. The van der Waals surface area contributed by atoms with Crippen LogP contribution in [-0.2, 0) is 6.54 Å². The molecule has 0 amide bonds. The number of rotatable bonds is 7. The first-order valence-electron chi connectivity index (χ1n) is 7.63. The second-order valence-corrected chi connectivity index (χ2v) is 5.48. The molecule has 3 nitrogen and oxygen atoms in total. The lowest BCUT2D eigenvalue weighted by Gasteiger charge is -2.13. The summed E-state index contributed by atoms with van der Waals surface area (Å²) in [5.74, 6) is 1.96. The normalized spacial score (nSPS) is 10.9. The summed E-state index contributed by atoms with van der Waals surface area (Å²) in [4.78, 5) is 4.39. The van der Waals surface area contributed by atoms with Gasteiger partial charge in [-0.3, -0.25) is 0 Å². The van der Waals surface area contributed by atoms with E-state index in [2.05, 4.69) is 43.2 Å². The molecule has 0 saturated carbocycles. The fourth-order valence-electron chi connectivity index (χ4n) is 2.15. The lowest BCUT2D eigenvalue weighted by molar-refractivity contribution is 0.454. The van der Waals surface area contributed by atoms with E-state index < -0.39 is 0 Å². The van der Waals surface area contributed by atoms with E-state index in [0.717, 1.165) is 25.3 Å². The van der Waals surface area contributed by atoms with Crippen LogP contribution >= 0.6 is 0 Å². The molecule has 0 saturated heterocycles. The van der Waals surface area contributed by atoms with Crippen LogP contribution in [-0.4, -0.2) is 11.5 Å². The van der Waals surface area contributed by atoms with Gasteiger partial charge in [0.1, 0.15) is 5.75 Å². The third-order valence-electron chi connectivity index (χ3n) is 3.31.